The third-order valence-corrected chi connectivity index (χ3v) is 10.3. The number of carbonyl (C=O) groups excluding carboxylic acids is 1. The zero-order valence-electron chi connectivity index (χ0n) is 20.1. The number of aliphatic hydroxyl groups is 1. The van der Waals surface area contributed by atoms with Crippen molar-refractivity contribution in [3.63, 3.8) is 0 Å². The van der Waals surface area contributed by atoms with Gasteiger partial charge in [-0.2, -0.15) is 0 Å². The van der Waals surface area contributed by atoms with E-state index in [9.17, 15) is 9.90 Å². The quantitative estimate of drug-likeness (QED) is 0.500. The molecular formula is C28H44O2. The van der Waals surface area contributed by atoms with Crippen LogP contribution < -0.4 is 0 Å². The molecule has 0 saturated heterocycles. The number of rotatable bonds is 5. The van der Waals surface area contributed by atoms with Crippen molar-refractivity contribution in [2.75, 3.05) is 0 Å². The Morgan fingerprint density at radius 2 is 1.90 bits per heavy atom. The molecule has 2 nitrogen and oxygen atoms in total. The topological polar surface area (TPSA) is 37.3 Å². The van der Waals surface area contributed by atoms with Crippen molar-refractivity contribution >= 4 is 5.78 Å². The second-order valence-corrected chi connectivity index (χ2v) is 12.1. The van der Waals surface area contributed by atoms with Crippen LogP contribution in [0.4, 0.5) is 0 Å². The third-order valence-electron chi connectivity index (χ3n) is 10.3. The maximum absolute atomic E-state index is 12.1. The Balaban J connectivity index is 1.58. The average molecular weight is 413 g/mol. The summed E-state index contributed by atoms with van der Waals surface area (Å²) in [5.41, 5.74) is 4.87. The van der Waals surface area contributed by atoms with E-state index < -0.39 is 0 Å². The monoisotopic (exact) mass is 412 g/mol. The van der Waals surface area contributed by atoms with E-state index in [-0.39, 0.29) is 11.5 Å². The van der Waals surface area contributed by atoms with E-state index in [1.807, 2.05) is 0 Å². The van der Waals surface area contributed by atoms with Gasteiger partial charge >= 0.3 is 0 Å². The minimum absolute atomic E-state index is 0.155. The molecule has 30 heavy (non-hydrogen) atoms. The standard InChI is InChI=1S/C28H44O2/c1-17(2)18(3)7-8-19(4)22-9-10-23-26-24(12-14-28(22,23)6)27(5)13-11-21(29)15-20(27)16-25(26)30/h17,19-20,22-23,25,30H,3,7-16H2,1-2,4-6H3. The average Bonchev–Trinajstić information content (AvgIpc) is 3.04. The summed E-state index contributed by atoms with van der Waals surface area (Å²) in [6.07, 6.45) is 10.3. The first kappa shape index (κ1) is 22.3. The van der Waals surface area contributed by atoms with Crippen LogP contribution in [-0.4, -0.2) is 17.0 Å². The number of fused-ring (bicyclic) bond motifs is 4. The fourth-order valence-corrected chi connectivity index (χ4v) is 8.11. The lowest BCUT2D eigenvalue weighted by Gasteiger charge is -2.55. The van der Waals surface area contributed by atoms with Crippen LogP contribution >= 0.6 is 0 Å². The van der Waals surface area contributed by atoms with Crippen LogP contribution in [0.3, 0.4) is 0 Å². The maximum Gasteiger partial charge on any atom is 0.133 e. The molecule has 7 atom stereocenters. The van der Waals surface area contributed by atoms with Crippen LogP contribution in [0.2, 0.25) is 0 Å². The van der Waals surface area contributed by atoms with Gasteiger partial charge in [0.1, 0.15) is 5.78 Å². The third kappa shape index (κ3) is 3.46. The number of hydrogen-bond acceptors (Lipinski definition) is 2. The number of Topliss-reactive ketones (excluding diaryl/α,β-unsaturated/α-hetero) is 1. The van der Waals surface area contributed by atoms with Crippen LogP contribution in [0.15, 0.2) is 23.3 Å². The van der Waals surface area contributed by atoms with Crippen molar-refractivity contribution in [3.05, 3.63) is 23.3 Å². The molecule has 2 heteroatoms. The van der Waals surface area contributed by atoms with Gasteiger partial charge in [0.05, 0.1) is 6.10 Å². The highest BCUT2D eigenvalue weighted by Crippen LogP contribution is 2.65. The Morgan fingerprint density at radius 1 is 1.17 bits per heavy atom. The van der Waals surface area contributed by atoms with Crippen LogP contribution in [-0.2, 0) is 4.79 Å². The highest BCUT2D eigenvalue weighted by molar-refractivity contribution is 5.80. The molecular weight excluding hydrogens is 368 g/mol. The van der Waals surface area contributed by atoms with Crippen molar-refractivity contribution < 1.29 is 9.90 Å². The van der Waals surface area contributed by atoms with Gasteiger partial charge in [0, 0.05) is 12.8 Å². The molecule has 2 fully saturated rings. The summed E-state index contributed by atoms with van der Waals surface area (Å²) in [5.74, 6) is 3.37. The van der Waals surface area contributed by atoms with Gasteiger partial charge < -0.3 is 5.11 Å². The van der Waals surface area contributed by atoms with E-state index in [1.165, 1.54) is 36.8 Å². The van der Waals surface area contributed by atoms with Gasteiger partial charge in [-0.25, -0.2) is 0 Å². The Kier molecular flexibility index (Phi) is 5.88. The van der Waals surface area contributed by atoms with E-state index in [1.54, 1.807) is 5.57 Å². The van der Waals surface area contributed by atoms with Gasteiger partial charge in [-0.05, 0) is 97.4 Å². The highest BCUT2D eigenvalue weighted by Gasteiger charge is 2.57. The number of aliphatic hydroxyl groups excluding tert-OH is 1. The Labute approximate surface area is 184 Å². The summed E-state index contributed by atoms with van der Waals surface area (Å²) < 4.78 is 0. The van der Waals surface area contributed by atoms with E-state index in [0.717, 1.165) is 38.0 Å². The lowest BCUT2D eigenvalue weighted by molar-refractivity contribution is -0.125. The Bertz CT molecular complexity index is 746. The summed E-state index contributed by atoms with van der Waals surface area (Å²) in [4.78, 5) is 12.1. The summed E-state index contributed by atoms with van der Waals surface area (Å²) in [6, 6.07) is 0. The molecule has 0 aromatic heterocycles. The number of ketones is 1. The van der Waals surface area contributed by atoms with Gasteiger partial charge in [-0.3, -0.25) is 4.79 Å². The molecule has 0 heterocycles. The highest BCUT2D eigenvalue weighted by atomic mass is 16.3. The van der Waals surface area contributed by atoms with E-state index in [0.29, 0.717) is 41.3 Å². The van der Waals surface area contributed by atoms with Crippen LogP contribution in [0.5, 0.6) is 0 Å². The number of hydrogen-bond donors (Lipinski definition) is 1. The molecule has 0 spiro atoms. The molecule has 0 aromatic carbocycles. The molecule has 0 aliphatic heterocycles. The summed E-state index contributed by atoms with van der Waals surface area (Å²) >= 11 is 0. The predicted octanol–water partition coefficient (Wildman–Crippen LogP) is 6.88. The van der Waals surface area contributed by atoms with E-state index in [2.05, 4.69) is 41.2 Å². The minimum atomic E-state index is -0.316. The first-order chi connectivity index (χ1) is 14.1. The van der Waals surface area contributed by atoms with Crippen molar-refractivity contribution in [2.24, 2.45) is 40.4 Å². The van der Waals surface area contributed by atoms with Crippen LogP contribution in [0, 0.1) is 40.4 Å². The molecule has 4 rings (SSSR count). The largest absolute Gasteiger partial charge is 0.389 e. The summed E-state index contributed by atoms with van der Waals surface area (Å²) in [5, 5.41) is 11.3. The second kappa shape index (κ2) is 7.91. The first-order valence-corrected chi connectivity index (χ1v) is 12.7. The SMILES string of the molecule is C=C(CCC(C)C1CCC2C3=C(CCC21C)C1(C)CCC(=O)CC1CC3O)C(C)C. The predicted molar refractivity (Wildman–Crippen MR) is 124 cm³/mol. The molecule has 0 amide bonds. The van der Waals surface area contributed by atoms with Gasteiger partial charge in [0.15, 0.2) is 0 Å². The van der Waals surface area contributed by atoms with Crippen LogP contribution in [0.25, 0.3) is 0 Å². The zero-order chi connectivity index (χ0) is 21.8. The smallest absolute Gasteiger partial charge is 0.133 e. The van der Waals surface area contributed by atoms with Gasteiger partial charge in [0.25, 0.3) is 0 Å². The normalized spacial score (nSPS) is 42.0. The summed E-state index contributed by atoms with van der Waals surface area (Å²) in [7, 11) is 0. The van der Waals surface area contributed by atoms with Crippen molar-refractivity contribution in [3.8, 4) is 0 Å². The molecule has 1 N–H and O–H groups in total. The Morgan fingerprint density at radius 3 is 2.60 bits per heavy atom. The summed E-state index contributed by atoms with van der Waals surface area (Å²) in [6.45, 7) is 16.2. The minimum Gasteiger partial charge on any atom is -0.389 e. The fraction of sp³-hybridized carbons (Fsp3) is 0.821. The second-order valence-electron chi connectivity index (χ2n) is 12.1. The van der Waals surface area contributed by atoms with Crippen LogP contribution in [0.1, 0.15) is 98.8 Å². The number of carbonyl (C=O) groups is 1. The lowest BCUT2D eigenvalue weighted by Crippen LogP contribution is -2.49. The molecule has 0 bridgehead atoms. The van der Waals surface area contributed by atoms with Crippen molar-refractivity contribution in [2.45, 2.75) is 105 Å². The van der Waals surface area contributed by atoms with E-state index >= 15 is 0 Å². The molecule has 4 aliphatic rings. The molecule has 7 unspecified atom stereocenters. The number of allylic oxidation sites excluding steroid dienone is 2. The lowest BCUT2D eigenvalue weighted by atomic mass is 9.50. The van der Waals surface area contributed by atoms with Crippen molar-refractivity contribution in [1.29, 1.82) is 0 Å². The van der Waals surface area contributed by atoms with Gasteiger partial charge in [-0.15, -0.1) is 0 Å². The first-order valence-electron chi connectivity index (χ1n) is 12.7. The maximum atomic E-state index is 12.1. The zero-order valence-corrected chi connectivity index (χ0v) is 20.1. The molecule has 4 aliphatic carbocycles. The molecule has 2 saturated carbocycles. The molecule has 0 aromatic rings. The van der Waals surface area contributed by atoms with Crippen molar-refractivity contribution in [1.82, 2.24) is 0 Å². The Hall–Kier alpha value is -0.890. The van der Waals surface area contributed by atoms with Gasteiger partial charge in [-0.1, -0.05) is 52.3 Å². The molecule has 168 valence electrons. The van der Waals surface area contributed by atoms with Gasteiger partial charge in [0.2, 0.25) is 0 Å². The fourth-order valence-electron chi connectivity index (χ4n) is 8.11. The molecule has 0 radical (unpaired) electrons. The van der Waals surface area contributed by atoms with E-state index in [4.69, 9.17) is 0 Å².